The van der Waals surface area contributed by atoms with Gasteiger partial charge < -0.3 is 4.74 Å². The lowest BCUT2D eigenvalue weighted by Gasteiger charge is -2.38. The van der Waals surface area contributed by atoms with Crippen LogP contribution in [-0.2, 0) is 4.74 Å². The minimum atomic E-state index is -0.170. The third kappa shape index (κ3) is 3.68. The van der Waals surface area contributed by atoms with Crippen LogP contribution in [0.1, 0.15) is 69.3 Å². The summed E-state index contributed by atoms with van der Waals surface area (Å²) in [6.07, 6.45) is 6.86. The molecule has 0 heterocycles. The Balaban J connectivity index is 1.87. The Bertz CT molecular complexity index is 655. The quantitative estimate of drug-likeness (QED) is 0.502. The van der Waals surface area contributed by atoms with Crippen molar-refractivity contribution in [1.82, 2.24) is 0 Å². The fraction of sp³-hybridized carbons (Fsp3) is 0.609. The number of aryl methyl sites for hydroxylation is 1. The molecular weight excluding hydrogens is 308 g/mol. The van der Waals surface area contributed by atoms with Gasteiger partial charge >= 0.3 is 5.97 Å². The highest BCUT2D eigenvalue weighted by atomic mass is 16.5. The molecule has 2 aliphatic carbocycles. The molecule has 1 fully saturated rings. The molecule has 4 atom stereocenters. The van der Waals surface area contributed by atoms with Crippen LogP contribution in [-0.4, -0.2) is 12.1 Å². The van der Waals surface area contributed by atoms with E-state index in [1.54, 1.807) is 0 Å². The van der Waals surface area contributed by atoms with E-state index in [0.717, 1.165) is 18.4 Å². The smallest absolute Gasteiger partial charge is 0.338 e. The molecule has 2 nitrogen and oxygen atoms in total. The lowest BCUT2D eigenvalue weighted by Crippen LogP contribution is -2.39. The molecule has 0 N–H and O–H groups in total. The van der Waals surface area contributed by atoms with Crippen LogP contribution in [0.3, 0.4) is 0 Å². The minimum absolute atomic E-state index is 0.00699. The molecule has 1 saturated carbocycles. The average Bonchev–Trinajstić information content (AvgIpc) is 2.85. The summed E-state index contributed by atoms with van der Waals surface area (Å²) in [5.74, 6) is 1.55. The molecule has 1 aromatic carbocycles. The standard InChI is InChI=1S/C23H32O2/c1-15(2)19-11-13-23(5)12-10-17(4)14-20(21(19)23)25-22(24)18-8-6-16(3)7-9-18/h6-10,15,19-21H,11-14H2,1-5H3/t19-,20-,21+,23-/m0/s1. The van der Waals surface area contributed by atoms with Gasteiger partial charge in [0.2, 0.25) is 0 Å². The van der Waals surface area contributed by atoms with Gasteiger partial charge in [0.25, 0.3) is 0 Å². The van der Waals surface area contributed by atoms with Crippen molar-refractivity contribution >= 4 is 5.97 Å². The van der Waals surface area contributed by atoms with Gasteiger partial charge in [0.1, 0.15) is 6.10 Å². The third-order valence-corrected chi connectivity index (χ3v) is 6.56. The van der Waals surface area contributed by atoms with E-state index in [9.17, 15) is 4.79 Å². The zero-order chi connectivity index (χ0) is 18.2. The average molecular weight is 341 g/mol. The Hall–Kier alpha value is -1.57. The summed E-state index contributed by atoms with van der Waals surface area (Å²) >= 11 is 0. The van der Waals surface area contributed by atoms with Gasteiger partial charge in [0, 0.05) is 12.3 Å². The fourth-order valence-corrected chi connectivity index (χ4v) is 5.02. The Morgan fingerprint density at radius 3 is 2.52 bits per heavy atom. The van der Waals surface area contributed by atoms with Crippen LogP contribution in [0.5, 0.6) is 0 Å². The molecule has 136 valence electrons. The van der Waals surface area contributed by atoms with E-state index in [1.807, 2.05) is 31.2 Å². The number of ether oxygens (including phenoxy) is 1. The number of rotatable bonds is 3. The molecule has 0 aromatic heterocycles. The first-order chi connectivity index (χ1) is 11.8. The van der Waals surface area contributed by atoms with Crippen molar-refractivity contribution in [2.24, 2.45) is 23.2 Å². The second-order valence-corrected chi connectivity index (χ2v) is 8.89. The highest BCUT2D eigenvalue weighted by Crippen LogP contribution is 2.56. The first kappa shape index (κ1) is 18.2. The molecule has 2 heteroatoms. The lowest BCUT2D eigenvalue weighted by atomic mass is 9.70. The van der Waals surface area contributed by atoms with Crippen LogP contribution in [0.4, 0.5) is 0 Å². The van der Waals surface area contributed by atoms with E-state index in [4.69, 9.17) is 4.74 Å². The zero-order valence-corrected chi connectivity index (χ0v) is 16.3. The van der Waals surface area contributed by atoms with Gasteiger partial charge in [-0.15, -0.1) is 0 Å². The number of carbonyl (C=O) groups excluding carboxylic acids is 1. The van der Waals surface area contributed by atoms with Gasteiger partial charge in [-0.2, -0.15) is 0 Å². The molecule has 0 aliphatic heterocycles. The SMILES string of the molecule is CC1=CC[C@@]2(C)CC[C@@H](C(C)C)[C@@H]2[C@@H](OC(=O)c2ccc(C)cc2)C1. The zero-order valence-electron chi connectivity index (χ0n) is 16.3. The van der Waals surface area contributed by atoms with Gasteiger partial charge in [0.15, 0.2) is 0 Å². The Morgan fingerprint density at radius 1 is 1.20 bits per heavy atom. The second-order valence-electron chi connectivity index (χ2n) is 8.89. The molecule has 3 rings (SSSR count). The molecule has 0 saturated heterocycles. The summed E-state index contributed by atoms with van der Waals surface area (Å²) in [7, 11) is 0. The topological polar surface area (TPSA) is 26.3 Å². The number of benzene rings is 1. The molecular formula is C23H32O2. The number of hydrogen-bond donors (Lipinski definition) is 0. The van der Waals surface area contributed by atoms with Crippen LogP contribution in [0.15, 0.2) is 35.9 Å². The third-order valence-electron chi connectivity index (χ3n) is 6.56. The first-order valence-electron chi connectivity index (χ1n) is 9.73. The largest absolute Gasteiger partial charge is 0.458 e. The van der Waals surface area contributed by atoms with Crippen molar-refractivity contribution in [3.63, 3.8) is 0 Å². The highest BCUT2D eigenvalue weighted by Gasteiger charge is 2.51. The molecule has 2 aliphatic rings. The van der Waals surface area contributed by atoms with Gasteiger partial charge in [-0.05, 0) is 62.5 Å². The maximum Gasteiger partial charge on any atom is 0.338 e. The Kier molecular flexibility index (Phi) is 5.09. The summed E-state index contributed by atoms with van der Waals surface area (Å²) in [5, 5.41) is 0. The number of hydrogen-bond acceptors (Lipinski definition) is 2. The summed E-state index contributed by atoms with van der Waals surface area (Å²) < 4.78 is 6.15. The van der Waals surface area contributed by atoms with E-state index in [-0.39, 0.29) is 17.5 Å². The van der Waals surface area contributed by atoms with Gasteiger partial charge in [-0.3, -0.25) is 0 Å². The highest BCUT2D eigenvalue weighted by molar-refractivity contribution is 5.89. The Morgan fingerprint density at radius 2 is 1.88 bits per heavy atom. The monoisotopic (exact) mass is 340 g/mol. The number of carbonyl (C=O) groups is 1. The predicted molar refractivity (Wildman–Crippen MR) is 103 cm³/mol. The van der Waals surface area contributed by atoms with Gasteiger partial charge in [-0.25, -0.2) is 4.79 Å². The van der Waals surface area contributed by atoms with Crippen molar-refractivity contribution in [1.29, 1.82) is 0 Å². The molecule has 0 amide bonds. The molecule has 25 heavy (non-hydrogen) atoms. The molecule has 1 aromatic rings. The van der Waals surface area contributed by atoms with Crippen molar-refractivity contribution in [2.75, 3.05) is 0 Å². The molecule has 0 spiro atoms. The fourth-order valence-electron chi connectivity index (χ4n) is 5.02. The summed E-state index contributed by atoms with van der Waals surface area (Å²) in [6.45, 7) is 11.3. The second kappa shape index (κ2) is 6.97. The van der Waals surface area contributed by atoms with Crippen molar-refractivity contribution in [3.05, 3.63) is 47.0 Å². The van der Waals surface area contributed by atoms with Crippen LogP contribution in [0.2, 0.25) is 0 Å². The van der Waals surface area contributed by atoms with Crippen LogP contribution in [0, 0.1) is 30.1 Å². The van der Waals surface area contributed by atoms with Gasteiger partial charge in [0.05, 0.1) is 5.56 Å². The maximum absolute atomic E-state index is 12.8. The van der Waals surface area contributed by atoms with E-state index >= 15 is 0 Å². The summed E-state index contributed by atoms with van der Waals surface area (Å²) in [4.78, 5) is 12.8. The number of allylic oxidation sites excluding steroid dienone is 1. The maximum atomic E-state index is 12.8. The van der Waals surface area contributed by atoms with E-state index in [1.165, 1.54) is 18.4 Å². The predicted octanol–water partition coefficient (Wildman–Crippen LogP) is 5.95. The van der Waals surface area contributed by atoms with E-state index in [0.29, 0.717) is 23.3 Å². The normalized spacial score (nSPS) is 32.1. The van der Waals surface area contributed by atoms with Crippen molar-refractivity contribution in [2.45, 2.75) is 66.4 Å². The summed E-state index contributed by atoms with van der Waals surface area (Å²) in [5.41, 5.74) is 3.44. The number of esters is 1. The number of fused-ring (bicyclic) bond motifs is 1. The van der Waals surface area contributed by atoms with Crippen molar-refractivity contribution < 1.29 is 9.53 Å². The molecule has 0 radical (unpaired) electrons. The van der Waals surface area contributed by atoms with Crippen LogP contribution in [0.25, 0.3) is 0 Å². The van der Waals surface area contributed by atoms with E-state index < -0.39 is 0 Å². The Labute approximate surface area is 152 Å². The molecule has 0 unspecified atom stereocenters. The van der Waals surface area contributed by atoms with Gasteiger partial charge in [-0.1, -0.05) is 50.1 Å². The lowest BCUT2D eigenvalue weighted by molar-refractivity contribution is -0.0201. The first-order valence-corrected chi connectivity index (χ1v) is 9.73. The minimum Gasteiger partial charge on any atom is -0.458 e. The molecule has 0 bridgehead atoms. The van der Waals surface area contributed by atoms with Crippen LogP contribution < -0.4 is 0 Å². The van der Waals surface area contributed by atoms with Crippen LogP contribution >= 0.6 is 0 Å². The van der Waals surface area contributed by atoms with Crippen molar-refractivity contribution in [3.8, 4) is 0 Å². The summed E-state index contributed by atoms with van der Waals surface area (Å²) in [6, 6.07) is 7.71. The van der Waals surface area contributed by atoms with E-state index in [2.05, 4.69) is 33.8 Å².